The molecule has 19 heteroatoms. The lowest BCUT2D eigenvalue weighted by Gasteiger charge is -2.48. The van der Waals surface area contributed by atoms with Crippen molar-refractivity contribution in [2.24, 2.45) is 0 Å². The van der Waals surface area contributed by atoms with Crippen LogP contribution in [0.3, 0.4) is 0 Å². The summed E-state index contributed by atoms with van der Waals surface area (Å²) in [6.45, 7) is 1.48. The van der Waals surface area contributed by atoms with Crippen LogP contribution in [0.1, 0.15) is 162 Å². The number of carbonyl (C=O) groups excluding carboxylic acids is 1. The van der Waals surface area contributed by atoms with Crippen LogP contribution in [0.4, 0.5) is 0 Å². The minimum Gasteiger partial charge on any atom is -0.394 e. The molecule has 3 fully saturated rings. The standard InChI is InChI=1S/C61H103NO18/c1-3-5-7-9-11-12-13-14-15-16-17-18-19-20-21-22-23-24-25-26-27-28-29-30-31-32-33-35-37-39-49(67)62-44(45(66)38-36-34-10-8-6-4-2)43-75-59-55(73)52(70)57(47(41-64)77-59)80-61-56(74)53(71)58(48(42-65)78-61)79-60-54(72)51(69)50(68)46(40-63)76-60/h5,7,11-12,14-15,17-18,20-21,23-24,36,38,44-48,50-61,63-66,68-74H,3-4,6,8-10,13,16,19,22,25-35,37,39-43H2,1-2H3,(H,62,67)/b7-5-,12-11-,15-14-,18-17-,21-20-,24-23-,38-36+. The fraction of sp³-hybridized carbons (Fsp3) is 0.754. The van der Waals surface area contributed by atoms with Crippen LogP contribution in [0.25, 0.3) is 0 Å². The first-order chi connectivity index (χ1) is 38.8. The maximum atomic E-state index is 13.2. The van der Waals surface area contributed by atoms with E-state index in [2.05, 4.69) is 92.1 Å². The third-order valence-corrected chi connectivity index (χ3v) is 14.4. The summed E-state index contributed by atoms with van der Waals surface area (Å²) in [5.74, 6) is -0.292. The van der Waals surface area contributed by atoms with Gasteiger partial charge in [0.05, 0.1) is 38.6 Å². The van der Waals surface area contributed by atoms with Gasteiger partial charge in [0.25, 0.3) is 0 Å². The molecule has 3 aliphatic heterocycles. The lowest BCUT2D eigenvalue weighted by Crippen LogP contribution is -2.66. The summed E-state index contributed by atoms with van der Waals surface area (Å²) in [7, 11) is 0. The highest BCUT2D eigenvalue weighted by atomic mass is 16.8. The van der Waals surface area contributed by atoms with Gasteiger partial charge < -0.3 is 89.9 Å². The third kappa shape index (κ3) is 27.1. The number of aliphatic hydroxyl groups is 11. The number of unbranched alkanes of at least 4 members (excludes halogenated alkanes) is 14. The van der Waals surface area contributed by atoms with E-state index in [0.29, 0.717) is 6.42 Å². The molecule has 0 saturated carbocycles. The molecule has 0 spiro atoms. The Kier molecular flexibility index (Phi) is 38.8. The second-order valence-electron chi connectivity index (χ2n) is 21.1. The van der Waals surface area contributed by atoms with Gasteiger partial charge >= 0.3 is 0 Å². The summed E-state index contributed by atoms with van der Waals surface area (Å²) >= 11 is 0. The highest BCUT2D eigenvalue weighted by Crippen LogP contribution is 2.33. The van der Waals surface area contributed by atoms with Crippen molar-refractivity contribution >= 4 is 5.91 Å². The number of rotatable bonds is 42. The van der Waals surface area contributed by atoms with E-state index in [0.717, 1.165) is 103 Å². The first kappa shape index (κ1) is 71.2. The minimum absolute atomic E-state index is 0.231. The lowest BCUT2D eigenvalue weighted by atomic mass is 9.96. The number of carbonyl (C=O) groups is 1. The van der Waals surface area contributed by atoms with Crippen LogP contribution in [-0.2, 0) is 33.2 Å². The second kappa shape index (κ2) is 43.6. The average Bonchev–Trinajstić information content (AvgIpc) is 3.45. The Labute approximate surface area is 476 Å². The molecular weight excluding hydrogens is 1030 g/mol. The van der Waals surface area contributed by atoms with E-state index < -0.39 is 124 Å². The van der Waals surface area contributed by atoms with Crippen molar-refractivity contribution in [2.75, 3.05) is 26.4 Å². The van der Waals surface area contributed by atoms with Crippen LogP contribution in [0, 0.1) is 0 Å². The van der Waals surface area contributed by atoms with Gasteiger partial charge in [-0.2, -0.15) is 0 Å². The number of allylic oxidation sites excluding steroid dienone is 13. The molecule has 3 saturated heterocycles. The average molecular weight is 1140 g/mol. The molecule has 80 heavy (non-hydrogen) atoms. The molecule has 0 aliphatic carbocycles. The first-order valence-electron chi connectivity index (χ1n) is 29.8. The van der Waals surface area contributed by atoms with Crippen LogP contribution in [-0.4, -0.2) is 193 Å². The van der Waals surface area contributed by atoms with E-state index in [1.54, 1.807) is 6.08 Å². The van der Waals surface area contributed by atoms with Crippen molar-refractivity contribution < 1.29 is 89.4 Å². The third-order valence-electron chi connectivity index (χ3n) is 14.4. The summed E-state index contributed by atoms with van der Waals surface area (Å²) in [5, 5.41) is 120. The highest BCUT2D eigenvalue weighted by molar-refractivity contribution is 5.76. The van der Waals surface area contributed by atoms with E-state index in [4.69, 9.17) is 28.4 Å². The maximum Gasteiger partial charge on any atom is 0.220 e. The Morgan fingerprint density at radius 2 is 0.863 bits per heavy atom. The van der Waals surface area contributed by atoms with Crippen molar-refractivity contribution in [3.63, 3.8) is 0 Å². The Bertz CT molecular complexity index is 1790. The van der Waals surface area contributed by atoms with E-state index in [1.807, 2.05) is 6.08 Å². The molecule has 17 atom stereocenters. The van der Waals surface area contributed by atoms with Gasteiger partial charge in [-0.05, 0) is 70.6 Å². The predicted octanol–water partition coefficient (Wildman–Crippen LogP) is 5.20. The monoisotopic (exact) mass is 1140 g/mol. The Morgan fingerprint density at radius 3 is 1.35 bits per heavy atom. The van der Waals surface area contributed by atoms with E-state index in [9.17, 15) is 61.0 Å². The number of ether oxygens (including phenoxy) is 6. The van der Waals surface area contributed by atoms with Crippen LogP contribution in [0.2, 0.25) is 0 Å². The summed E-state index contributed by atoms with van der Waals surface area (Å²) in [5.41, 5.74) is 0. The van der Waals surface area contributed by atoms with Gasteiger partial charge in [0.15, 0.2) is 18.9 Å². The van der Waals surface area contributed by atoms with Gasteiger partial charge in [0, 0.05) is 6.42 Å². The molecule has 19 nitrogen and oxygen atoms in total. The second-order valence-corrected chi connectivity index (χ2v) is 21.1. The molecule has 12 N–H and O–H groups in total. The molecule has 0 aromatic heterocycles. The number of hydrogen-bond acceptors (Lipinski definition) is 18. The maximum absolute atomic E-state index is 13.2. The molecule has 460 valence electrons. The predicted molar refractivity (Wildman–Crippen MR) is 304 cm³/mol. The number of nitrogens with one attached hydrogen (secondary N) is 1. The number of hydrogen-bond donors (Lipinski definition) is 12. The molecule has 17 unspecified atom stereocenters. The SMILES string of the molecule is CC/C=C\C/C=C\C/C=C\C/C=C\C/C=C\C/C=C\CCCCCCCCCCCCC(=O)NC(COC1OC(CO)C(OC2OC(CO)C(OC3OC(CO)C(O)C(O)C3O)C(O)C2O)C(O)C1O)C(O)/C=C/CCCCCC. The first-order valence-corrected chi connectivity index (χ1v) is 29.8. The summed E-state index contributed by atoms with van der Waals surface area (Å²) in [6, 6.07) is -0.977. The molecule has 3 rings (SSSR count). The fourth-order valence-electron chi connectivity index (χ4n) is 9.54. The minimum atomic E-state index is -1.98. The smallest absolute Gasteiger partial charge is 0.220 e. The quantitative estimate of drug-likeness (QED) is 0.0276. The Balaban J connectivity index is 1.37. The van der Waals surface area contributed by atoms with Gasteiger partial charge in [-0.1, -0.05) is 170 Å². The van der Waals surface area contributed by atoms with Crippen molar-refractivity contribution in [3.05, 3.63) is 85.1 Å². The highest BCUT2D eigenvalue weighted by Gasteiger charge is 2.53. The van der Waals surface area contributed by atoms with E-state index >= 15 is 0 Å². The Morgan fingerprint density at radius 1 is 0.463 bits per heavy atom. The van der Waals surface area contributed by atoms with Crippen LogP contribution in [0.5, 0.6) is 0 Å². The van der Waals surface area contributed by atoms with Crippen LogP contribution < -0.4 is 5.32 Å². The molecule has 1 amide bonds. The molecule has 0 aromatic carbocycles. The largest absolute Gasteiger partial charge is 0.394 e. The molecule has 0 radical (unpaired) electrons. The van der Waals surface area contributed by atoms with Crippen molar-refractivity contribution in [3.8, 4) is 0 Å². The van der Waals surface area contributed by atoms with Gasteiger partial charge in [-0.3, -0.25) is 4.79 Å². The molecule has 3 aliphatic rings. The van der Waals surface area contributed by atoms with Crippen LogP contribution in [0.15, 0.2) is 85.1 Å². The lowest BCUT2D eigenvalue weighted by molar-refractivity contribution is -0.379. The summed E-state index contributed by atoms with van der Waals surface area (Å²) in [4.78, 5) is 13.2. The van der Waals surface area contributed by atoms with Crippen molar-refractivity contribution in [2.45, 2.75) is 266 Å². The number of aliphatic hydroxyl groups excluding tert-OH is 11. The number of amides is 1. The van der Waals surface area contributed by atoms with Gasteiger partial charge in [0.2, 0.25) is 5.91 Å². The zero-order chi connectivity index (χ0) is 58.3. The topological polar surface area (TPSA) is 307 Å². The van der Waals surface area contributed by atoms with Crippen LogP contribution >= 0.6 is 0 Å². The summed E-state index contributed by atoms with van der Waals surface area (Å²) < 4.78 is 34.1. The molecule has 3 heterocycles. The zero-order valence-electron chi connectivity index (χ0n) is 47.8. The molecule has 0 aromatic rings. The van der Waals surface area contributed by atoms with Gasteiger partial charge in [-0.25, -0.2) is 0 Å². The summed E-state index contributed by atoms with van der Waals surface area (Å²) in [6.07, 6.45) is 26.3. The van der Waals surface area contributed by atoms with Gasteiger partial charge in [-0.15, -0.1) is 0 Å². The molecule has 0 bridgehead atoms. The van der Waals surface area contributed by atoms with Crippen molar-refractivity contribution in [1.82, 2.24) is 5.32 Å². The zero-order valence-corrected chi connectivity index (χ0v) is 47.8. The van der Waals surface area contributed by atoms with E-state index in [-0.39, 0.29) is 18.9 Å². The Hall–Kier alpha value is -3.03. The molecular formula is C61H103NO18. The van der Waals surface area contributed by atoms with Crippen molar-refractivity contribution in [1.29, 1.82) is 0 Å². The van der Waals surface area contributed by atoms with Gasteiger partial charge in [0.1, 0.15) is 73.2 Å². The van der Waals surface area contributed by atoms with E-state index in [1.165, 1.54) is 32.1 Å². The fourth-order valence-corrected chi connectivity index (χ4v) is 9.54. The normalized spacial score (nSPS) is 30.6.